The van der Waals surface area contributed by atoms with Crippen LogP contribution in [0.1, 0.15) is 23.5 Å². The van der Waals surface area contributed by atoms with Gasteiger partial charge in [0.2, 0.25) is 0 Å². The summed E-state index contributed by atoms with van der Waals surface area (Å²) < 4.78 is 2.37. The molecular weight excluding hydrogens is 657 g/mol. The summed E-state index contributed by atoms with van der Waals surface area (Å²) in [4.78, 5) is 2.30. The second kappa shape index (κ2) is 13.6. The second-order valence-corrected chi connectivity index (χ2v) is 13.8. The highest BCUT2D eigenvalue weighted by Gasteiger charge is 2.22. The van der Waals surface area contributed by atoms with Gasteiger partial charge in [0.15, 0.2) is 0 Å². The smallest absolute Gasteiger partial charge is 0.0494 e. The van der Waals surface area contributed by atoms with Crippen molar-refractivity contribution in [3.63, 3.8) is 0 Å². The normalized spacial score (nSPS) is 15.1. The average Bonchev–Trinajstić information content (AvgIpc) is 3.58. The summed E-state index contributed by atoms with van der Waals surface area (Å²) in [6, 6.07) is 73.4. The molecular formula is C50H37N4-. The number of aromatic nitrogens is 1. The van der Waals surface area contributed by atoms with Gasteiger partial charge in [0, 0.05) is 50.8 Å². The lowest BCUT2D eigenvalue weighted by Gasteiger charge is -2.48. The summed E-state index contributed by atoms with van der Waals surface area (Å²) >= 11 is 0. The third-order valence-corrected chi connectivity index (χ3v) is 10.6. The fourth-order valence-electron chi connectivity index (χ4n) is 8.03. The number of hydrogen-bond donors (Lipinski definition) is 1. The number of hydrogen-bond acceptors (Lipinski definition) is 2. The van der Waals surface area contributed by atoms with Gasteiger partial charge in [-0.1, -0.05) is 157 Å². The molecule has 2 heterocycles. The number of nitrogens with one attached hydrogen (secondary N) is 1. The van der Waals surface area contributed by atoms with Crippen molar-refractivity contribution in [1.82, 2.24) is 4.57 Å². The Labute approximate surface area is 315 Å². The molecule has 0 fully saturated rings. The first kappa shape index (κ1) is 31.8. The van der Waals surface area contributed by atoms with E-state index < -0.39 is 0 Å². The minimum absolute atomic E-state index is 0.128. The Hall–Kier alpha value is -6.88. The van der Waals surface area contributed by atoms with Gasteiger partial charge in [-0.05, 0) is 88.5 Å². The topological polar surface area (TPSA) is 34.3 Å². The van der Waals surface area contributed by atoms with E-state index in [2.05, 4.69) is 221 Å². The average molecular weight is 694 g/mol. The van der Waals surface area contributed by atoms with Crippen LogP contribution in [0.2, 0.25) is 0 Å². The van der Waals surface area contributed by atoms with Gasteiger partial charge in [-0.15, -0.1) is 0 Å². The van der Waals surface area contributed by atoms with Gasteiger partial charge in [0.25, 0.3) is 0 Å². The van der Waals surface area contributed by atoms with Crippen molar-refractivity contribution in [3.05, 3.63) is 223 Å². The van der Waals surface area contributed by atoms with Gasteiger partial charge in [-0.2, -0.15) is 0 Å². The van der Waals surface area contributed by atoms with Gasteiger partial charge >= 0.3 is 0 Å². The van der Waals surface area contributed by atoms with Gasteiger partial charge in [0.1, 0.15) is 0 Å². The molecule has 10 rings (SSSR count). The maximum Gasteiger partial charge on any atom is 0.0494 e. The van der Waals surface area contributed by atoms with Crippen LogP contribution in [0.25, 0.3) is 49.4 Å². The molecule has 0 spiro atoms. The minimum atomic E-state index is -0.306. The van der Waals surface area contributed by atoms with Crippen LogP contribution in [0, 0.1) is 0 Å². The zero-order valence-corrected chi connectivity index (χ0v) is 29.6. The van der Waals surface area contributed by atoms with Crippen LogP contribution in [0.3, 0.4) is 0 Å². The number of nitrogens with zero attached hydrogens (tertiary/aromatic N) is 3. The third-order valence-electron chi connectivity index (χ3n) is 10.6. The lowest BCUT2D eigenvalue weighted by atomic mass is 9.93. The molecule has 258 valence electrons. The summed E-state index contributed by atoms with van der Waals surface area (Å²) in [5.41, 5.74) is 13.9. The maximum absolute atomic E-state index is 5.57. The number of benzene rings is 8. The van der Waals surface area contributed by atoms with Crippen molar-refractivity contribution in [2.24, 2.45) is 0 Å². The highest BCUT2D eigenvalue weighted by atomic mass is 15.3. The maximum atomic E-state index is 5.57. The first-order valence-electron chi connectivity index (χ1n) is 18.5. The van der Waals surface area contributed by atoms with Crippen molar-refractivity contribution >= 4 is 44.6 Å². The molecule has 0 saturated heterocycles. The lowest BCUT2D eigenvalue weighted by Crippen LogP contribution is -2.25. The first-order valence-corrected chi connectivity index (χ1v) is 18.5. The molecule has 0 radical (unpaired) electrons. The van der Waals surface area contributed by atoms with Crippen LogP contribution in [-0.2, 0) is 0 Å². The molecule has 0 saturated carbocycles. The highest BCUT2D eigenvalue weighted by Crippen LogP contribution is 2.47. The number of rotatable bonds is 7. The molecule has 2 unspecified atom stereocenters. The molecule has 4 nitrogen and oxygen atoms in total. The summed E-state index contributed by atoms with van der Waals surface area (Å²) in [6.07, 6.45) is -0.306. The quantitative estimate of drug-likeness (QED) is 0.180. The second-order valence-electron chi connectivity index (χ2n) is 13.8. The van der Waals surface area contributed by atoms with E-state index >= 15 is 0 Å². The van der Waals surface area contributed by atoms with Crippen molar-refractivity contribution in [1.29, 1.82) is 0 Å². The van der Waals surface area contributed by atoms with Crippen LogP contribution in [0.5, 0.6) is 0 Å². The predicted octanol–water partition coefficient (Wildman–Crippen LogP) is 13.6. The molecule has 0 aliphatic carbocycles. The van der Waals surface area contributed by atoms with E-state index in [0.29, 0.717) is 0 Å². The van der Waals surface area contributed by atoms with E-state index in [0.717, 1.165) is 33.8 Å². The SMILES string of the molecule is c1ccc(-c2cccc(C3[N-]C(n4c5ccccc5c5cc(-c6ccc(N(c7ccccc7)c7ccccc7)cc6)ccc54)Nc4ccccc43)c2)cc1. The van der Waals surface area contributed by atoms with Crippen LogP contribution >= 0.6 is 0 Å². The molecule has 1 aliphatic heterocycles. The molecule has 9 aromatic rings. The monoisotopic (exact) mass is 693 g/mol. The zero-order chi connectivity index (χ0) is 35.8. The number of fused-ring (bicyclic) bond motifs is 4. The first-order chi connectivity index (χ1) is 26.8. The molecule has 8 aromatic carbocycles. The number of anilines is 4. The third kappa shape index (κ3) is 5.70. The molecule has 2 atom stereocenters. The lowest BCUT2D eigenvalue weighted by molar-refractivity contribution is 0.629. The molecule has 1 aliphatic rings. The van der Waals surface area contributed by atoms with Crippen LogP contribution in [-0.4, -0.2) is 4.57 Å². The fourth-order valence-corrected chi connectivity index (χ4v) is 8.03. The molecule has 1 N–H and O–H groups in total. The summed E-state index contributed by atoms with van der Waals surface area (Å²) in [7, 11) is 0. The van der Waals surface area contributed by atoms with Crippen molar-refractivity contribution in [2.75, 3.05) is 10.2 Å². The van der Waals surface area contributed by atoms with Crippen molar-refractivity contribution in [2.45, 2.75) is 12.3 Å². The van der Waals surface area contributed by atoms with Crippen molar-refractivity contribution < 1.29 is 0 Å². The molecule has 0 amide bonds. The molecule has 4 heteroatoms. The zero-order valence-electron chi connectivity index (χ0n) is 29.6. The van der Waals surface area contributed by atoms with Crippen LogP contribution < -0.4 is 10.2 Å². The minimum Gasteiger partial charge on any atom is -0.614 e. The number of para-hydroxylation sites is 4. The van der Waals surface area contributed by atoms with Crippen LogP contribution in [0.4, 0.5) is 22.7 Å². The summed E-state index contributed by atoms with van der Waals surface area (Å²) in [5.74, 6) is 0. The summed E-state index contributed by atoms with van der Waals surface area (Å²) in [5, 5.41) is 11.8. The molecule has 1 aromatic heterocycles. The van der Waals surface area contributed by atoms with Gasteiger partial charge < -0.3 is 20.1 Å². The Morgan fingerprint density at radius 2 is 0.981 bits per heavy atom. The van der Waals surface area contributed by atoms with Gasteiger partial charge in [0.05, 0.1) is 0 Å². The van der Waals surface area contributed by atoms with E-state index in [1.54, 1.807) is 0 Å². The Morgan fingerprint density at radius 3 is 1.74 bits per heavy atom. The summed E-state index contributed by atoms with van der Waals surface area (Å²) in [6.45, 7) is 0. The van der Waals surface area contributed by atoms with E-state index in [-0.39, 0.29) is 12.3 Å². The predicted molar refractivity (Wildman–Crippen MR) is 226 cm³/mol. The standard InChI is InChI=1S/C50H37N4/c1-4-15-35(16-5-1)37-17-14-18-39(33-37)49-44-24-10-12-25-46(44)51-50(52-49)54-47-26-13-11-23-43(47)45-34-38(29-32-48(45)54)36-27-30-42(31-28-36)53(40-19-6-2-7-20-40)41-21-8-3-9-22-41/h1-34,49-51H/q-1. The Kier molecular flexibility index (Phi) is 8.01. The van der Waals surface area contributed by atoms with Gasteiger partial charge in [-0.3, -0.25) is 0 Å². The van der Waals surface area contributed by atoms with Crippen LogP contribution in [0.15, 0.2) is 206 Å². The van der Waals surface area contributed by atoms with E-state index in [9.17, 15) is 0 Å². The Morgan fingerprint density at radius 1 is 0.426 bits per heavy atom. The van der Waals surface area contributed by atoms with Gasteiger partial charge in [-0.25, -0.2) is 0 Å². The van der Waals surface area contributed by atoms with E-state index in [4.69, 9.17) is 5.32 Å². The molecule has 0 bridgehead atoms. The van der Waals surface area contributed by atoms with E-state index in [1.165, 1.54) is 44.2 Å². The van der Waals surface area contributed by atoms with E-state index in [1.807, 2.05) is 0 Å². The Balaban J connectivity index is 1.03. The molecule has 54 heavy (non-hydrogen) atoms. The fraction of sp³-hybridized carbons (Fsp3) is 0.0400. The largest absolute Gasteiger partial charge is 0.614 e. The highest BCUT2D eigenvalue weighted by molar-refractivity contribution is 6.09. The Bertz CT molecular complexity index is 2680. The van der Waals surface area contributed by atoms with Crippen molar-refractivity contribution in [3.8, 4) is 22.3 Å².